The Morgan fingerprint density at radius 1 is 1.17 bits per heavy atom. The second-order valence-electron chi connectivity index (χ2n) is 6.93. The highest BCUT2D eigenvalue weighted by Gasteiger charge is 2.43. The number of aliphatic hydroxyl groups excluding tert-OH is 1. The van der Waals surface area contributed by atoms with E-state index in [2.05, 4.69) is 4.99 Å². The summed E-state index contributed by atoms with van der Waals surface area (Å²) in [6, 6.07) is 14.9. The second-order valence-corrected chi connectivity index (χ2v) is 9.04. The lowest BCUT2D eigenvalue weighted by Crippen LogP contribution is -2.45. The van der Waals surface area contributed by atoms with Crippen molar-refractivity contribution < 1.29 is 27.8 Å². The maximum Gasteiger partial charge on any atom is 0.249 e. The van der Waals surface area contributed by atoms with E-state index in [1.165, 1.54) is 12.1 Å². The fraction of sp³-hybridized carbons (Fsp3) is 0.333. The van der Waals surface area contributed by atoms with Gasteiger partial charge in [0.25, 0.3) is 0 Å². The van der Waals surface area contributed by atoms with Crippen LogP contribution in [0.5, 0.6) is 5.75 Å². The molecule has 30 heavy (non-hydrogen) atoms. The van der Waals surface area contributed by atoms with Crippen LogP contribution in [-0.2, 0) is 19.4 Å². The number of carbonyl (C=O) groups excluding carboxylic acids is 1. The molecule has 3 N–H and O–H groups in total. The smallest absolute Gasteiger partial charge is 0.249 e. The van der Waals surface area contributed by atoms with Crippen molar-refractivity contribution in [1.82, 2.24) is 0 Å². The summed E-state index contributed by atoms with van der Waals surface area (Å²) >= 11 is 0. The van der Waals surface area contributed by atoms with Gasteiger partial charge in [0.2, 0.25) is 11.8 Å². The fourth-order valence-corrected chi connectivity index (χ4v) is 4.38. The highest BCUT2D eigenvalue weighted by atomic mass is 32.2. The number of primary amides is 1. The van der Waals surface area contributed by atoms with Gasteiger partial charge in [0.1, 0.15) is 12.4 Å². The van der Waals surface area contributed by atoms with Crippen LogP contribution in [0.3, 0.4) is 0 Å². The minimum Gasteiger partial charge on any atom is -0.494 e. The average Bonchev–Trinajstić information content (AvgIpc) is 3.20. The molecule has 0 radical (unpaired) electrons. The molecule has 0 bridgehead atoms. The van der Waals surface area contributed by atoms with E-state index in [4.69, 9.17) is 20.3 Å². The van der Waals surface area contributed by atoms with Crippen molar-refractivity contribution >= 4 is 21.6 Å². The van der Waals surface area contributed by atoms with E-state index >= 15 is 0 Å². The molecule has 3 rings (SSSR count). The van der Waals surface area contributed by atoms with Crippen molar-refractivity contribution in [2.24, 2.45) is 10.7 Å². The zero-order valence-corrected chi connectivity index (χ0v) is 17.2. The summed E-state index contributed by atoms with van der Waals surface area (Å²) in [4.78, 5) is 16.7. The summed E-state index contributed by atoms with van der Waals surface area (Å²) in [5.74, 6) is -0.156. The number of ether oxygens (including phenoxy) is 2. The monoisotopic (exact) mass is 432 g/mol. The second kappa shape index (κ2) is 9.27. The summed E-state index contributed by atoms with van der Waals surface area (Å²) < 4.78 is 36.2. The van der Waals surface area contributed by atoms with Gasteiger partial charge in [0.05, 0.1) is 17.3 Å². The molecule has 1 heterocycles. The summed E-state index contributed by atoms with van der Waals surface area (Å²) in [5.41, 5.74) is 4.76. The molecule has 2 aromatic carbocycles. The Balaban J connectivity index is 1.74. The Labute approximate surface area is 175 Å². The Kier molecular flexibility index (Phi) is 6.73. The van der Waals surface area contributed by atoms with Gasteiger partial charge in [0.15, 0.2) is 15.4 Å². The van der Waals surface area contributed by atoms with Crippen LogP contribution < -0.4 is 10.5 Å². The third-order valence-electron chi connectivity index (χ3n) is 4.78. The average molecular weight is 432 g/mol. The van der Waals surface area contributed by atoms with Crippen LogP contribution >= 0.6 is 0 Å². The van der Waals surface area contributed by atoms with Crippen LogP contribution in [0, 0.1) is 0 Å². The standard InChI is InChI=1S/C21H24N2O6S/c22-20(25)21(11-14-30(26,27)18-5-2-1-3-6-18)15-29-19(23-21)16-7-9-17(10-8-16)28-13-4-12-24/h1-3,5-10,24H,4,11-15H2,(H2,22,25)/t21-/m1/s1. The van der Waals surface area contributed by atoms with Crippen molar-refractivity contribution in [3.63, 3.8) is 0 Å². The van der Waals surface area contributed by atoms with Gasteiger partial charge in [-0.15, -0.1) is 0 Å². The van der Waals surface area contributed by atoms with Crippen LogP contribution in [0.2, 0.25) is 0 Å². The van der Waals surface area contributed by atoms with Gasteiger partial charge in [-0.2, -0.15) is 0 Å². The molecular formula is C21H24N2O6S. The SMILES string of the molecule is NC(=O)[C@@]1(CCS(=O)(=O)c2ccccc2)COC(c2ccc(OCCCO)cc2)=N1. The van der Waals surface area contributed by atoms with Gasteiger partial charge in [-0.3, -0.25) is 4.79 Å². The first-order valence-corrected chi connectivity index (χ1v) is 11.2. The number of amides is 1. The molecule has 1 aliphatic heterocycles. The van der Waals surface area contributed by atoms with Gasteiger partial charge in [-0.25, -0.2) is 13.4 Å². The summed E-state index contributed by atoms with van der Waals surface area (Å²) in [6.07, 6.45) is 0.454. The largest absolute Gasteiger partial charge is 0.494 e. The molecular weight excluding hydrogens is 408 g/mol. The highest BCUT2D eigenvalue weighted by molar-refractivity contribution is 7.91. The molecule has 0 spiro atoms. The Morgan fingerprint density at radius 2 is 1.87 bits per heavy atom. The van der Waals surface area contributed by atoms with E-state index in [-0.39, 0.29) is 36.2 Å². The van der Waals surface area contributed by atoms with Crippen LogP contribution in [0.15, 0.2) is 64.5 Å². The lowest BCUT2D eigenvalue weighted by molar-refractivity contribution is -0.123. The first-order valence-electron chi connectivity index (χ1n) is 9.51. The predicted molar refractivity (Wildman–Crippen MR) is 111 cm³/mol. The summed E-state index contributed by atoms with van der Waals surface area (Å²) in [6.45, 7) is 0.336. The number of benzene rings is 2. The number of nitrogens with two attached hydrogens (primary N) is 1. The number of sulfone groups is 1. The van der Waals surface area contributed by atoms with E-state index < -0.39 is 21.3 Å². The molecule has 1 amide bonds. The van der Waals surface area contributed by atoms with Crippen LogP contribution in [0.25, 0.3) is 0 Å². The van der Waals surface area contributed by atoms with Crippen molar-refractivity contribution in [1.29, 1.82) is 0 Å². The van der Waals surface area contributed by atoms with Gasteiger partial charge in [-0.1, -0.05) is 18.2 Å². The van der Waals surface area contributed by atoms with Gasteiger partial charge < -0.3 is 20.3 Å². The zero-order valence-electron chi connectivity index (χ0n) is 16.4. The Morgan fingerprint density at radius 3 is 2.50 bits per heavy atom. The summed E-state index contributed by atoms with van der Waals surface area (Å²) in [5, 5.41) is 8.80. The van der Waals surface area contributed by atoms with Crippen molar-refractivity contribution in [2.45, 2.75) is 23.3 Å². The van der Waals surface area contributed by atoms with E-state index in [9.17, 15) is 13.2 Å². The molecule has 160 valence electrons. The number of aliphatic imine (C=N–C) groups is 1. The lowest BCUT2D eigenvalue weighted by atomic mass is 9.98. The molecule has 0 saturated carbocycles. The molecule has 0 unspecified atom stereocenters. The van der Waals surface area contributed by atoms with Crippen molar-refractivity contribution in [3.8, 4) is 5.75 Å². The third kappa shape index (κ3) is 4.98. The molecule has 8 nitrogen and oxygen atoms in total. The minimum atomic E-state index is -3.59. The summed E-state index contributed by atoms with van der Waals surface area (Å²) in [7, 11) is -3.59. The first-order chi connectivity index (χ1) is 14.4. The van der Waals surface area contributed by atoms with Gasteiger partial charge in [0, 0.05) is 18.6 Å². The van der Waals surface area contributed by atoms with Crippen molar-refractivity contribution in [3.05, 3.63) is 60.2 Å². The van der Waals surface area contributed by atoms with E-state index in [0.717, 1.165) is 0 Å². The Bertz CT molecular complexity index is 1010. The number of nitrogens with zero attached hydrogens (tertiary/aromatic N) is 1. The maximum atomic E-state index is 12.6. The van der Waals surface area contributed by atoms with Gasteiger partial charge >= 0.3 is 0 Å². The predicted octanol–water partition coefficient (Wildman–Crippen LogP) is 1.31. The molecule has 1 atom stereocenters. The zero-order chi connectivity index (χ0) is 21.6. The number of carbonyl (C=O) groups is 1. The molecule has 0 aromatic heterocycles. The first kappa shape index (κ1) is 21.8. The third-order valence-corrected chi connectivity index (χ3v) is 6.51. The normalized spacial score (nSPS) is 18.5. The minimum absolute atomic E-state index is 0.0535. The number of aliphatic hydroxyl groups is 1. The lowest BCUT2D eigenvalue weighted by Gasteiger charge is -2.19. The molecule has 0 aliphatic carbocycles. The molecule has 0 fully saturated rings. The van der Waals surface area contributed by atoms with Crippen LogP contribution in [-0.4, -0.2) is 56.4 Å². The quantitative estimate of drug-likeness (QED) is 0.545. The van der Waals surface area contributed by atoms with Crippen molar-refractivity contribution in [2.75, 3.05) is 25.6 Å². The van der Waals surface area contributed by atoms with E-state index in [1.807, 2.05) is 0 Å². The molecule has 1 aliphatic rings. The van der Waals surface area contributed by atoms with E-state index in [1.54, 1.807) is 42.5 Å². The number of hydrogen-bond acceptors (Lipinski definition) is 7. The fourth-order valence-electron chi connectivity index (χ4n) is 2.97. The van der Waals surface area contributed by atoms with E-state index in [0.29, 0.717) is 24.3 Å². The highest BCUT2D eigenvalue weighted by Crippen LogP contribution is 2.28. The van der Waals surface area contributed by atoms with Gasteiger partial charge in [-0.05, 0) is 42.8 Å². The molecule has 9 heteroatoms. The molecule has 2 aromatic rings. The Hall–Kier alpha value is -2.91. The number of hydrogen-bond donors (Lipinski definition) is 2. The van der Waals surface area contributed by atoms with Crippen LogP contribution in [0.1, 0.15) is 18.4 Å². The topological polar surface area (TPSA) is 128 Å². The maximum absolute atomic E-state index is 12.6. The molecule has 0 saturated heterocycles. The van der Waals surface area contributed by atoms with Crippen LogP contribution in [0.4, 0.5) is 0 Å². The number of rotatable bonds is 10.